The zero-order chi connectivity index (χ0) is 13.7. The van der Waals surface area contributed by atoms with Crippen molar-refractivity contribution in [2.75, 3.05) is 19.4 Å². The number of ether oxygens (including phenoxy) is 1. The standard InChI is InChI=1S/C15H22FNOS/c1-3-17-12(14-8-5-9-19-14)10-11-6-4-7-13(18-2)15(11)16/h4,6-7,12,14,17H,3,5,8-10H2,1-2H3. The molecule has 1 fully saturated rings. The van der Waals surface area contributed by atoms with Crippen molar-refractivity contribution in [3.05, 3.63) is 29.6 Å². The highest BCUT2D eigenvalue weighted by Crippen LogP contribution is 2.31. The van der Waals surface area contributed by atoms with Crippen LogP contribution in [0.1, 0.15) is 25.3 Å². The van der Waals surface area contributed by atoms with Crippen LogP contribution in [0.4, 0.5) is 4.39 Å². The Morgan fingerprint density at radius 2 is 2.37 bits per heavy atom. The third-order valence-electron chi connectivity index (χ3n) is 3.58. The first kappa shape index (κ1) is 14.7. The number of rotatable bonds is 6. The van der Waals surface area contributed by atoms with Gasteiger partial charge >= 0.3 is 0 Å². The van der Waals surface area contributed by atoms with Crippen LogP contribution in [-0.2, 0) is 6.42 Å². The van der Waals surface area contributed by atoms with E-state index in [4.69, 9.17) is 4.74 Å². The second kappa shape index (κ2) is 7.15. The highest BCUT2D eigenvalue weighted by atomic mass is 32.2. The highest BCUT2D eigenvalue weighted by molar-refractivity contribution is 8.00. The van der Waals surface area contributed by atoms with Crippen LogP contribution in [0.5, 0.6) is 5.75 Å². The number of benzene rings is 1. The second-order valence-corrected chi connectivity index (χ2v) is 6.20. The van der Waals surface area contributed by atoms with E-state index in [9.17, 15) is 4.39 Å². The van der Waals surface area contributed by atoms with Crippen LogP contribution in [0.15, 0.2) is 18.2 Å². The normalized spacial score (nSPS) is 20.5. The van der Waals surface area contributed by atoms with E-state index in [2.05, 4.69) is 12.2 Å². The lowest BCUT2D eigenvalue weighted by Gasteiger charge is -2.24. The molecule has 0 spiro atoms. The van der Waals surface area contributed by atoms with Gasteiger partial charge in [0, 0.05) is 11.3 Å². The third-order valence-corrected chi connectivity index (χ3v) is 5.10. The van der Waals surface area contributed by atoms with Gasteiger partial charge in [-0.25, -0.2) is 4.39 Å². The van der Waals surface area contributed by atoms with Crippen molar-refractivity contribution in [3.8, 4) is 5.75 Å². The van der Waals surface area contributed by atoms with E-state index in [1.165, 1.54) is 25.7 Å². The minimum atomic E-state index is -0.212. The van der Waals surface area contributed by atoms with Crippen LogP contribution >= 0.6 is 11.8 Å². The molecule has 2 rings (SSSR count). The Morgan fingerprint density at radius 3 is 3.00 bits per heavy atom. The topological polar surface area (TPSA) is 21.3 Å². The SMILES string of the molecule is CCNC(Cc1cccc(OC)c1F)C1CCCS1. The summed E-state index contributed by atoms with van der Waals surface area (Å²) in [7, 11) is 1.51. The maximum Gasteiger partial charge on any atom is 0.168 e. The minimum absolute atomic E-state index is 0.212. The van der Waals surface area contributed by atoms with Gasteiger partial charge in [-0.2, -0.15) is 11.8 Å². The number of thioether (sulfide) groups is 1. The molecule has 4 heteroatoms. The molecule has 2 nitrogen and oxygen atoms in total. The van der Waals surface area contributed by atoms with Crippen molar-refractivity contribution in [2.45, 2.75) is 37.5 Å². The number of halogens is 1. The molecule has 1 aliphatic heterocycles. The summed E-state index contributed by atoms with van der Waals surface area (Å²) in [6, 6.07) is 5.74. The first-order chi connectivity index (χ1) is 9.26. The summed E-state index contributed by atoms with van der Waals surface area (Å²) in [4.78, 5) is 0. The lowest BCUT2D eigenvalue weighted by molar-refractivity contribution is 0.382. The quantitative estimate of drug-likeness (QED) is 0.866. The van der Waals surface area contributed by atoms with E-state index in [-0.39, 0.29) is 5.82 Å². The van der Waals surface area contributed by atoms with Crippen LogP contribution in [0, 0.1) is 5.82 Å². The Labute approximate surface area is 119 Å². The van der Waals surface area contributed by atoms with E-state index in [0.29, 0.717) is 17.0 Å². The predicted molar refractivity (Wildman–Crippen MR) is 79.6 cm³/mol. The molecular weight excluding hydrogens is 261 g/mol. The summed E-state index contributed by atoms with van der Waals surface area (Å²) in [6.45, 7) is 3.03. The van der Waals surface area contributed by atoms with Crippen molar-refractivity contribution >= 4 is 11.8 Å². The fourth-order valence-electron chi connectivity index (χ4n) is 2.63. The summed E-state index contributed by atoms with van der Waals surface area (Å²) in [5.41, 5.74) is 0.748. The molecule has 2 atom stereocenters. The van der Waals surface area contributed by atoms with E-state index >= 15 is 0 Å². The van der Waals surface area contributed by atoms with Crippen LogP contribution in [0.2, 0.25) is 0 Å². The summed E-state index contributed by atoms with van der Waals surface area (Å²) in [6.07, 6.45) is 3.24. The van der Waals surface area contributed by atoms with E-state index < -0.39 is 0 Å². The number of nitrogens with one attached hydrogen (secondary N) is 1. The molecule has 1 aromatic carbocycles. The maximum absolute atomic E-state index is 14.2. The van der Waals surface area contributed by atoms with Crippen LogP contribution in [-0.4, -0.2) is 30.7 Å². The lowest BCUT2D eigenvalue weighted by Crippen LogP contribution is -2.39. The van der Waals surface area contributed by atoms with Crippen molar-refractivity contribution < 1.29 is 9.13 Å². The Morgan fingerprint density at radius 1 is 1.53 bits per heavy atom. The van der Waals surface area contributed by atoms with Crippen LogP contribution < -0.4 is 10.1 Å². The van der Waals surface area contributed by atoms with Crippen molar-refractivity contribution in [3.63, 3.8) is 0 Å². The third kappa shape index (κ3) is 3.63. The van der Waals surface area contributed by atoms with Gasteiger partial charge in [-0.05, 0) is 43.2 Å². The van der Waals surface area contributed by atoms with Gasteiger partial charge in [0.2, 0.25) is 0 Å². The number of hydrogen-bond acceptors (Lipinski definition) is 3. The van der Waals surface area contributed by atoms with Crippen LogP contribution in [0.25, 0.3) is 0 Å². The molecule has 1 N–H and O–H groups in total. The minimum Gasteiger partial charge on any atom is -0.494 e. The molecule has 0 saturated carbocycles. The molecule has 1 aromatic rings. The summed E-state index contributed by atoms with van der Waals surface area (Å²) < 4.78 is 19.3. The van der Waals surface area contributed by atoms with E-state index in [1.807, 2.05) is 23.9 Å². The molecule has 0 aromatic heterocycles. The van der Waals surface area contributed by atoms with Crippen molar-refractivity contribution in [1.29, 1.82) is 0 Å². The highest BCUT2D eigenvalue weighted by Gasteiger charge is 2.26. The molecule has 0 radical (unpaired) electrons. The van der Waals surface area contributed by atoms with Crippen molar-refractivity contribution in [2.24, 2.45) is 0 Å². The van der Waals surface area contributed by atoms with Crippen molar-refractivity contribution in [1.82, 2.24) is 5.32 Å². The van der Waals surface area contributed by atoms with Gasteiger partial charge in [0.1, 0.15) is 0 Å². The largest absolute Gasteiger partial charge is 0.494 e. The molecular formula is C15H22FNOS. The number of likely N-dealkylation sites (N-methyl/N-ethyl adjacent to an activating group) is 1. The lowest BCUT2D eigenvalue weighted by atomic mass is 10.00. The molecule has 0 bridgehead atoms. The molecule has 2 unspecified atom stereocenters. The Bertz CT molecular complexity index is 407. The average molecular weight is 283 g/mol. The molecule has 0 amide bonds. The average Bonchev–Trinajstić information content (AvgIpc) is 2.94. The zero-order valence-electron chi connectivity index (χ0n) is 11.6. The summed E-state index contributed by atoms with van der Waals surface area (Å²) in [5, 5.41) is 4.11. The van der Waals surface area contributed by atoms with E-state index in [1.54, 1.807) is 6.07 Å². The first-order valence-corrected chi connectivity index (χ1v) is 7.97. The molecule has 0 aliphatic carbocycles. The van der Waals surface area contributed by atoms with Gasteiger partial charge in [-0.1, -0.05) is 19.1 Å². The molecule has 1 heterocycles. The Kier molecular flexibility index (Phi) is 5.52. The number of hydrogen-bond donors (Lipinski definition) is 1. The van der Waals surface area contributed by atoms with Gasteiger partial charge in [-0.3, -0.25) is 0 Å². The maximum atomic E-state index is 14.2. The molecule has 106 valence electrons. The first-order valence-electron chi connectivity index (χ1n) is 6.92. The van der Waals surface area contributed by atoms with Gasteiger partial charge in [0.05, 0.1) is 7.11 Å². The number of methoxy groups -OCH3 is 1. The van der Waals surface area contributed by atoms with Crippen LogP contribution in [0.3, 0.4) is 0 Å². The summed E-state index contributed by atoms with van der Waals surface area (Å²) in [5.74, 6) is 1.36. The molecule has 19 heavy (non-hydrogen) atoms. The second-order valence-electron chi connectivity index (χ2n) is 4.85. The van der Waals surface area contributed by atoms with Gasteiger partial charge < -0.3 is 10.1 Å². The van der Waals surface area contributed by atoms with E-state index in [0.717, 1.165) is 18.5 Å². The van der Waals surface area contributed by atoms with Gasteiger partial charge in [-0.15, -0.1) is 0 Å². The smallest absolute Gasteiger partial charge is 0.168 e. The Balaban J connectivity index is 2.11. The zero-order valence-corrected chi connectivity index (χ0v) is 12.4. The Hall–Kier alpha value is -0.740. The summed E-state index contributed by atoms with van der Waals surface area (Å²) >= 11 is 2.01. The molecule has 1 saturated heterocycles. The monoisotopic (exact) mass is 283 g/mol. The molecule has 1 aliphatic rings. The van der Waals surface area contributed by atoms with Gasteiger partial charge in [0.15, 0.2) is 11.6 Å². The fourth-order valence-corrected chi connectivity index (χ4v) is 4.02. The van der Waals surface area contributed by atoms with Gasteiger partial charge in [0.25, 0.3) is 0 Å². The fraction of sp³-hybridized carbons (Fsp3) is 0.600. The predicted octanol–water partition coefficient (Wildman–Crippen LogP) is 3.25.